The highest BCUT2D eigenvalue weighted by Gasteiger charge is 2.36. The zero-order valence-electron chi connectivity index (χ0n) is 14.2. The van der Waals surface area contributed by atoms with Gasteiger partial charge in [0.05, 0.1) is 22.2 Å². The molecule has 27 heavy (non-hydrogen) atoms. The van der Waals surface area contributed by atoms with E-state index in [9.17, 15) is 9.50 Å². The molecule has 1 saturated carbocycles. The molecule has 0 radical (unpaired) electrons. The quantitative estimate of drug-likeness (QED) is 0.360. The van der Waals surface area contributed by atoms with E-state index in [1.165, 1.54) is 12.3 Å². The van der Waals surface area contributed by atoms with Crippen LogP contribution in [0.4, 0.5) is 8.78 Å². The van der Waals surface area contributed by atoms with Gasteiger partial charge < -0.3 is 19.9 Å². The lowest BCUT2D eigenvalue weighted by Gasteiger charge is -2.37. The minimum Gasteiger partial charge on any atom is -0.385 e. The first-order valence-corrected chi connectivity index (χ1v) is 10.9. The average Bonchev–Trinajstić information content (AvgIpc) is 3.01. The van der Waals surface area contributed by atoms with Gasteiger partial charge in [-0.15, -0.1) is 11.8 Å². The van der Waals surface area contributed by atoms with E-state index >= 15 is 4.39 Å². The predicted octanol–water partition coefficient (Wildman–Crippen LogP) is 4.83. The van der Waals surface area contributed by atoms with E-state index in [2.05, 4.69) is 4.98 Å². The van der Waals surface area contributed by atoms with Crippen LogP contribution < -0.4 is 0 Å². The lowest BCUT2D eigenvalue weighted by atomic mass is 9.75. The summed E-state index contributed by atoms with van der Waals surface area (Å²) in [6, 6.07) is 7.92. The molecule has 4 N–H and O–H groups in total. The van der Waals surface area contributed by atoms with Crippen molar-refractivity contribution in [3.8, 4) is 11.1 Å². The molecule has 1 fully saturated rings. The van der Waals surface area contributed by atoms with Gasteiger partial charge in [0, 0.05) is 16.5 Å². The number of hydrogen-bond donors (Lipinski definition) is 4. The maximum atomic E-state index is 15.2. The molecule has 0 atom stereocenters. The number of aromatic nitrogens is 1. The van der Waals surface area contributed by atoms with E-state index in [0.717, 1.165) is 23.7 Å². The van der Waals surface area contributed by atoms with Gasteiger partial charge >= 0.3 is 0 Å². The van der Waals surface area contributed by atoms with E-state index in [1.54, 1.807) is 24.3 Å². The Labute approximate surface area is 160 Å². The first-order valence-electron chi connectivity index (χ1n) is 8.49. The number of aromatic amines is 1. The summed E-state index contributed by atoms with van der Waals surface area (Å²) in [6.07, 6.45) is 3.90. The minimum atomic E-state index is -2.11. The molecule has 3 aromatic rings. The van der Waals surface area contributed by atoms with E-state index in [-0.39, 0.29) is 16.4 Å². The van der Waals surface area contributed by atoms with Crippen LogP contribution in [-0.4, -0.2) is 25.4 Å². The predicted molar refractivity (Wildman–Crippen MR) is 103 cm³/mol. The van der Waals surface area contributed by atoms with Gasteiger partial charge in [-0.2, -0.15) is 0 Å². The molecular weight excluding hydrogens is 391 g/mol. The Kier molecular flexibility index (Phi) is 4.99. The lowest BCUT2D eigenvalue weighted by Crippen LogP contribution is -2.33. The molecule has 0 amide bonds. The Morgan fingerprint density at radius 1 is 1.15 bits per heavy atom. The highest BCUT2D eigenvalue weighted by molar-refractivity contribution is 8.04. The summed E-state index contributed by atoms with van der Waals surface area (Å²) in [5.41, 5.74) is 0.556. The van der Waals surface area contributed by atoms with E-state index in [4.69, 9.17) is 9.79 Å². The Morgan fingerprint density at radius 2 is 1.85 bits per heavy atom. The van der Waals surface area contributed by atoms with Gasteiger partial charge in [-0.3, -0.25) is 0 Å². The Hall–Kier alpha value is -1.50. The smallest absolute Gasteiger partial charge is 0.175 e. The van der Waals surface area contributed by atoms with Gasteiger partial charge in [-0.05, 0) is 36.5 Å². The van der Waals surface area contributed by atoms with E-state index in [1.807, 2.05) is 0 Å². The maximum absolute atomic E-state index is 15.2. The summed E-state index contributed by atoms with van der Waals surface area (Å²) >= 11 is 1.11. The maximum Gasteiger partial charge on any atom is 0.175 e. The van der Waals surface area contributed by atoms with Crippen LogP contribution in [-0.2, 0) is 5.60 Å². The van der Waals surface area contributed by atoms with Gasteiger partial charge in [0.1, 0.15) is 11.6 Å². The molecule has 0 unspecified atom stereocenters. The molecule has 8 heteroatoms. The fourth-order valence-corrected chi connectivity index (χ4v) is 4.95. The third-order valence-electron chi connectivity index (χ3n) is 5.05. The number of aliphatic hydroxyl groups is 1. The van der Waals surface area contributed by atoms with Crippen molar-refractivity contribution in [3.63, 3.8) is 0 Å². The Bertz CT molecular complexity index is 987. The molecule has 1 aliphatic rings. The summed E-state index contributed by atoms with van der Waals surface area (Å²) in [7, 11) is -2.11. The van der Waals surface area contributed by atoms with Crippen molar-refractivity contribution in [1.29, 1.82) is 0 Å². The molecule has 1 aromatic heterocycles. The summed E-state index contributed by atoms with van der Waals surface area (Å²) < 4.78 is 29.8. The summed E-state index contributed by atoms with van der Waals surface area (Å²) in [6.45, 7) is 0. The molecule has 1 heterocycles. The molecule has 2 aromatic carbocycles. The third-order valence-corrected chi connectivity index (χ3v) is 7.12. The van der Waals surface area contributed by atoms with E-state index < -0.39 is 25.6 Å². The summed E-state index contributed by atoms with van der Waals surface area (Å²) in [5, 5.41) is 10.6. The lowest BCUT2D eigenvalue weighted by molar-refractivity contribution is -0.0387. The fourth-order valence-electron chi connectivity index (χ4n) is 3.44. The number of thioether (sulfide) groups is 1. The number of halogens is 2. The first-order chi connectivity index (χ1) is 12.9. The highest BCUT2D eigenvalue weighted by atomic mass is 32.2. The van der Waals surface area contributed by atoms with Gasteiger partial charge in [0.25, 0.3) is 0 Å². The second-order valence-electron chi connectivity index (χ2n) is 6.73. The molecule has 1 aliphatic carbocycles. The Balaban J connectivity index is 1.75. The topological polar surface area (TPSA) is 76.5 Å². The average molecular weight is 409 g/mol. The van der Waals surface area contributed by atoms with Gasteiger partial charge in [0.15, 0.2) is 8.38 Å². The SMILES string of the molecule is OP(O)CSc1c[nH]c2cc(F)c(-c3ccc(C4(O)CCC4)cc3)c(F)c12. The summed E-state index contributed by atoms with van der Waals surface area (Å²) in [5.74, 6) is -1.37. The standard InChI is InChI=1S/C19H18F2NO3PS/c20-13-8-14-17(15(9-22-14)27-10-26(24)25)18(21)16(13)11-2-4-12(5-3-11)19(23)6-1-7-19/h2-5,8-9,22-25H,1,6-7,10H2. The Morgan fingerprint density at radius 3 is 2.44 bits per heavy atom. The van der Waals surface area contributed by atoms with Crippen molar-refractivity contribution in [3.05, 3.63) is 53.7 Å². The van der Waals surface area contributed by atoms with Gasteiger partial charge in [-0.1, -0.05) is 24.3 Å². The first kappa shape index (κ1) is 18.8. The molecule has 4 rings (SSSR count). The second-order valence-corrected chi connectivity index (χ2v) is 9.24. The van der Waals surface area contributed by atoms with Crippen LogP contribution >= 0.6 is 20.1 Å². The number of rotatable bonds is 5. The molecule has 4 nitrogen and oxygen atoms in total. The van der Waals surface area contributed by atoms with Crippen molar-refractivity contribution in [2.75, 3.05) is 5.49 Å². The number of H-pyrrole nitrogens is 1. The molecule has 0 spiro atoms. The molecular formula is C19H18F2NO3PS. The zero-order chi connectivity index (χ0) is 19.2. The normalized spacial score (nSPS) is 16.1. The monoisotopic (exact) mass is 409 g/mol. The molecule has 0 bridgehead atoms. The number of benzene rings is 2. The van der Waals surface area contributed by atoms with Gasteiger partial charge in [0.2, 0.25) is 0 Å². The summed E-state index contributed by atoms with van der Waals surface area (Å²) in [4.78, 5) is 21.5. The van der Waals surface area contributed by atoms with Crippen LogP contribution in [0.15, 0.2) is 41.4 Å². The van der Waals surface area contributed by atoms with Crippen LogP contribution in [0.3, 0.4) is 0 Å². The fraction of sp³-hybridized carbons (Fsp3) is 0.263. The second kappa shape index (κ2) is 7.15. The number of nitrogens with one attached hydrogen (secondary N) is 1. The minimum absolute atomic E-state index is 0.0434. The van der Waals surface area contributed by atoms with E-state index in [0.29, 0.717) is 28.8 Å². The van der Waals surface area contributed by atoms with Crippen molar-refractivity contribution in [1.82, 2.24) is 4.98 Å². The van der Waals surface area contributed by atoms with Crippen molar-refractivity contribution >= 4 is 31.0 Å². The third kappa shape index (κ3) is 3.39. The zero-order valence-corrected chi connectivity index (χ0v) is 16.0. The van der Waals surface area contributed by atoms with Crippen molar-refractivity contribution in [2.45, 2.75) is 29.8 Å². The van der Waals surface area contributed by atoms with Crippen LogP contribution in [0.2, 0.25) is 0 Å². The number of fused-ring (bicyclic) bond motifs is 1. The number of hydrogen-bond acceptors (Lipinski definition) is 4. The van der Waals surface area contributed by atoms with Crippen LogP contribution in [0.25, 0.3) is 22.0 Å². The van der Waals surface area contributed by atoms with Crippen LogP contribution in [0, 0.1) is 11.6 Å². The largest absolute Gasteiger partial charge is 0.385 e. The van der Waals surface area contributed by atoms with Gasteiger partial charge in [-0.25, -0.2) is 8.78 Å². The highest BCUT2D eigenvalue weighted by Crippen LogP contribution is 2.43. The van der Waals surface area contributed by atoms with Crippen LogP contribution in [0.5, 0.6) is 0 Å². The van der Waals surface area contributed by atoms with Crippen molar-refractivity contribution < 1.29 is 23.7 Å². The van der Waals surface area contributed by atoms with Crippen LogP contribution in [0.1, 0.15) is 24.8 Å². The van der Waals surface area contributed by atoms with Crippen molar-refractivity contribution in [2.24, 2.45) is 0 Å². The molecule has 0 aliphatic heterocycles. The molecule has 0 saturated heterocycles. The molecule has 142 valence electrons.